The average Bonchev–Trinajstić information content (AvgIpc) is 2.47. The van der Waals surface area contributed by atoms with Crippen LogP contribution in [0.15, 0.2) is 24.3 Å². The second kappa shape index (κ2) is 6.50. The third-order valence-corrected chi connectivity index (χ3v) is 4.16. The smallest absolute Gasteiger partial charge is 0.416 e. The molecule has 0 bridgehead atoms. The zero-order valence-electron chi connectivity index (χ0n) is 12.0. The summed E-state index contributed by atoms with van der Waals surface area (Å²) in [4.78, 5) is 12.0. The summed E-state index contributed by atoms with van der Waals surface area (Å²) < 4.78 is 42.5. The molecule has 116 valence electrons. The van der Waals surface area contributed by atoms with Gasteiger partial charge in [0.05, 0.1) is 11.5 Å². The van der Waals surface area contributed by atoms with Crippen LogP contribution in [0.5, 0.6) is 5.75 Å². The molecule has 1 aromatic rings. The van der Waals surface area contributed by atoms with Crippen LogP contribution in [-0.4, -0.2) is 5.97 Å². The molecule has 2 rings (SSSR count). The van der Waals surface area contributed by atoms with Crippen LogP contribution in [0.3, 0.4) is 0 Å². The van der Waals surface area contributed by atoms with Gasteiger partial charge >= 0.3 is 12.1 Å². The number of carbonyl (C=O) groups excluding carboxylic acids is 1. The Labute approximate surface area is 122 Å². The van der Waals surface area contributed by atoms with Crippen LogP contribution in [0.25, 0.3) is 0 Å². The minimum absolute atomic E-state index is 0.130. The normalized spacial score (nSPS) is 22.9. The van der Waals surface area contributed by atoms with Crippen molar-refractivity contribution in [2.75, 3.05) is 0 Å². The van der Waals surface area contributed by atoms with Gasteiger partial charge in [-0.15, -0.1) is 0 Å². The van der Waals surface area contributed by atoms with Gasteiger partial charge in [-0.3, -0.25) is 4.79 Å². The lowest BCUT2D eigenvalue weighted by molar-refractivity contribution is -0.140. The highest BCUT2D eigenvalue weighted by molar-refractivity contribution is 5.75. The van der Waals surface area contributed by atoms with E-state index < -0.39 is 11.7 Å². The van der Waals surface area contributed by atoms with E-state index in [2.05, 4.69) is 6.92 Å². The molecule has 1 fully saturated rings. The molecule has 1 saturated carbocycles. The first kappa shape index (κ1) is 15.9. The zero-order valence-corrected chi connectivity index (χ0v) is 12.0. The summed E-state index contributed by atoms with van der Waals surface area (Å²) in [5, 5.41) is 0. The first-order valence-electron chi connectivity index (χ1n) is 7.29. The SMILES string of the molecule is CCC1CCC(C(=O)Oc2ccc(C(F)(F)F)cc2)CC1. The Balaban J connectivity index is 1.91. The van der Waals surface area contributed by atoms with Crippen molar-refractivity contribution in [3.8, 4) is 5.75 Å². The highest BCUT2D eigenvalue weighted by Gasteiger charge is 2.30. The van der Waals surface area contributed by atoms with Crippen LogP contribution in [0.2, 0.25) is 0 Å². The topological polar surface area (TPSA) is 26.3 Å². The zero-order chi connectivity index (χ0) is 15.5. The summed E-state index contributed by atoms with van der Waals surface area (Å²) in [6.07, 6.45) is 0.393. The molecule has 0 saturated heterocycles. The van der Waals surface area contributed by atoms with Gasteiger partial charge in [-0.25, -0.2) is 0 Å². The molecule has 5 heteroatoms. The maximum Gasteiger partial charge on any atom is 0.416 e. The first-order chi connectivity index (χ1) is 9.90. The Morgan fingerprint density at radius 3 is 2.19 bits per heavy atom. The standard InChI is InChI=1S/C16H19F3O2/c1-2-11-3-5-12(6-4-11)15(20)21-14-9-7-13(8-10-14)16(17,18)19/h7-12H,2-6H2,1H3. The fourth-order valence-electron chi connectivity index (χ4n) is 2.72. The van der Waals surface area contributed by atoms with Crippen LogP contribution in [0, 0.1) is 11.8 Å². The van der Waals surface area contributed by atoms with Gasteiger partial charge in [0.25, 0.3) is 0 Å². The van der Waals surface area contributed by atoms with Gasteiger partial charge in [0, 0.05) is 0 Å². The van der Waals surface area contributed by atoms with Gasteiger partial charge in [-0.05, 0) is 55.9 Å². The molecule has 0 atom stereocenters. The molecule has 1 aromatic carbocycles. The Kier molecular flexibility index (Phi) is 4.91. The molecule has 0 radical (unpaired) electrons. The number of hydrogen-bond acceptors (Lipinski definition) is 2. The van der Waals surface area contributed by atoms with E-state index in [-0.39, 0.29) is 17.6 Å². The molecule has 2 nitrogen and oxygen atoms in total. The molecule has 21 heavy (non-hydrogen) atoms. The number of hydrogen-bond donors (Lipinski definition) is 0. The predicted molar refractivity (Wildman–Crippen MR) is 72.8 cm³/mol. The maximum atomic E-state index is 12.4. The van der Waals surface area contributed by atoms with Crippen LogP contribution >= 0.6 is 0 Å². The number of rotatable bonds is 3. The Bertz CT molecular complexity index is 471. The van der Waals surface area contributed by atoms with E-state index in [1.807, 2.05) is 0 Å². The fraction of sp³-hybridized carbons (Fsp3) is 0.562. The quantitative estimate of drug-likeness (QED) is 0.590. The molecule has 0 spiro atoms. The van der Waals surface area contributed by atoms with Crippen LogP contribution < -0.4 is 4.74 Å². The minimum atomic E-state index is -4.37. The van der Waals surface area contributed by atoms with E-state index in [0.29, 0.717) is 5.92 Å². The van der Waals surface area contributed by atoms with Crippen molar-refractivity contribution >= 4 is 5.97 Å². The molecule has 0 aliphatic heterocycles. The van der Waals surface area contributed by atoms with Gasteiger partial charge in [0.15, 0.2) is 0 Å². The Hall–Kier alpha value is -1.52. The molecular formula is C16H19F3O2. The van der Waals surface area contributed by atoms with Crippen LogP contribution in [0.1, 0.15) is 44.6 Å². The summed E-state index contributed by atoms with van der Waals surface area (Å²) in [6, 6.07) is 4.24. The number of benzene rings is 1. The van der Waals surface area contributed by atoms with Gasteiger partial charge in [0.2, 0.25) is 0 Å². The van der Waals surface area contributed by atoms with Crippen molar-refractivity contribution < 1.29 is 22.7 Å². The monoisotopic (exact) mass is 300 g/mol. The average molecular weight is 300 g/mol. The molecule has 0 aromatic heterocycles. The van der Waals surface area contributed by atoms with Crippen molar-refractivity contribution in [1.29, 1.82) is 0 Å². The van der Waals surface area contributed by atoms with Gasteiger partial charge in [0.1, 0.15) is 5.75 Å². The maximum absolute atomic E-state index is 12.4. The van der Waals surface area contributed by atoms with Crippen molar-refractivity contribution in [2.24, 2.45) is 11.8 Å². The van der Waals surface area contributed by atoms with E-state index in [1.165, 1.54) is 12.1 Å². The van der Waals surface area contributed by atoms with Crippen molar-refractivity contribution in [3.63, 3.8) is 0 Å². The molecule has 0 unspecified atom stereocenters. The van der Waals surface area contributed by atoms with Crippen LogP contribution in [-0.2, 0) is 11.0 Å². The molecule has 0 heterocycles. The lowest BCUT2D eigenvalue weighted by Crippen LogP contribution is -2.25. The lowest BCUT2D eigenvalue weighted by Gasteiger charge is -2.26. The molecule has 0 N–H and O–H groups in total. The Morgan fingerprint density at radius 2 is 1.71 bits per heavy atom. The number of carbonyl (C=O) groups is 1. The molecule has 1 aliphatic rings. The second-order valence-electron chi connectivity index (χ2n) is 5.57. The van der Waals surface area contributed by atoms with Crippen molar-refractivity contribution in [1.82, 2.24) is 0 Å². The molecule has 0 amide bonds. The predicted octanol–water partition coefficient (Wildman–Crippen LogP) is 4.83. The first-order valence-corrected chi connectivity index (χ1v) is 7.29. The molecular weight excluding hydrogens is 281 g/mol. The van der Waals surface area contributed by atoms with Crippen molar-refractivity contribution in [3.05, 3.63) is 29.8 Å². The van der Waals surface area contributed by atoms with E-state index in [0.717, 1.165) is 44.2 Å². The van der Waals surface area contributed by atoms with E-state index >= 15 is 0 Å². The lowest BCUT2D eigenvalue weighted by atomic mass is 9.81. The van der Waals surface area contributed by atoms with Crippen molar-refractivity contribution in [2.45, 2.75) is 45.2 Å². The second-order valence-corrected chi connectivity index (χ2v) is 5.57. The fourth-order valence-corrected chi connectivity index (χ4v) is 2.72. The summed E-state index contributed by atoms with van der Waals surface area (Å²) in [5.41, 5.74) is -0.745. The number of esters is 1. The van der Waals surface area contributed by atoms with Gasteiger partial charge < -0.3 is 4.74 Å². The highest BCUT2D eigenvalue weighted by atomic mass is 19.4. The van der Waals surface area contributed by atoms with E-state index in [9.17, 15) is 18.0 Å². The van der Waals surface area contributed by atoms with Gasteiger partial charge in [-0.2, -0.15) is 13.2 Å². The van der Waals surface area contributed by atoms with E-state index in [4.69, 9.17) is 4.74 Å². The largest absolute Gasteiger partial charge is 0.426 e. The number of alkyl halides is 3. The third-order valence-electron chi connectivity index (χ3n) is 4.16. The van der Waals surface area contributed by atoms with Crippen LogP contribution in [0.4, 0.5) is 13.2 Å². The molecule has 1 aliphatic carbocycles. The summed E-state index contributed by atoms with van der Waals surface area (Å²) in [6.45, 7) is 2.14. The highest BCUT2D eigenvalue weighted by Crippen LogP contribution is 2.33. The number of halogens is 3. The summed E-state index contributed by atoms with van der Waals surface area (Å²) in [7, 11) is 0. The Morgan fingerprint density at radius 1 is 1.14 bits per heavy atom. The van der Waals surface area contributed by atoms with Gasteiger partial charge in [-0.1, -0.05) is 13.3 Å². The third kappa shape index (κ3) is 4.22. The minimum Gasteiger partial charge on any atom is -0.426 e. The number of ether oxygens (including phenoxy) is 1. The summed E-state index contributed by atoms with van der Waals surface area (Å²) in [5.74, 6) is 0.394. The summed E-state index contributed by atoms with van der Waals surface area (Å²) >= 11 is 0. The van der Waals surface area contributed by atoms with E-state index in [1.54, 1.807) is 0 Å².